The Morgan fingerprint density at radius 1 is 0.742 bits per heavy atom. The van der Waals surface area contributed by atoms with E-state index in [0.29, 0.717) is 38.3 Å². The number of carbonyl (C=O) groups is 5. The third kappa shape index (κ3) is 16.7. The SMILES string of the molecule is CC(C)[C@H](NC(=O)OCc1ccccc1)C(=O)N[C@@H](CCCCN)C(=O)N[C@@H](CCCCN)C(=O)N[C@@H](CCCN=C(N)N)C(=O)Nc1ccc2c(C(F)(F)F)cc(=O)oc2c1. The Hall–Kier alpha value is -6.22. The highest BCUT2D eigenvalue weighted by molar-refractivity contribution is 6.00. The molecule has 18 nitrogen and oxygen atoms in total. The van der Waals surface area contributed by atoms with Crippen molar-refractivity contribution in [3.8, 4) is 0 Å². The number of nitrogens with one attached hydrogen (secondary N) is 5. The van der Waals surface area contributed by atoms with E-state index in [1.807, 2.05) is 6.07 Å². The molecule has 5 amide bonds. The number of fused-ring (bicyclic) bond motifs is 1. The smallest absolute Gasteiger partial charge is 0.417 e. The van der Waals surface area contributed by atoms with Gasteiger partial charge < -0.3 is 58.7 Å². The highest BCUT2D eigenvalue weighted by Gasteiger charge is 2.35. The van der Waals surface area contributed by atoms with Crippen LogP contribution in [0, 0.1) is 5.92 Å². The number of carbonyl (C=O) groups excluding carboxylic acids is 5. The molecule has 0 spiro atoms. The Labute approximate surface area is 356 Å². The number of halogens is 3. The molecule has 1 heterocycles. The number of anilines is 1. The average Bonchev–Trinajstić information content (AvgIpc) is 3.21. The number of rotatable bonds is 24. The number of aliphatic imine (C=N–C) groups is 1. The molecule has 0 unspecified atom stereocenters. The van der Waals surface area contributed by atoms with Crippen molar-refractivity contribution in [1.29, 1.82) is 0 Å². The minimum atomic E-state index is -4.86. The molecule has 0 bridgehead atoms. The maximum absolute atomic E-state index is 14.0. The largest absolute Gasteiger partial charge is 0.445 e. The number of hydrogen-bond acceptors (Lipinski definition) is 11. The van der Waals surface area contributed by atoms with Crippen LogP contribution in [0.3, 0.4) is 0 Å². The van der Waals surface area contributed by atoms with E-state index in [1.165, 1.54) is 6.07 Å². The van der Waals surface area contributed by atoms with Crippen LogP contribution in [0.2, 0.25) is 0 Å². The number of nitrogens with zero attached hydrogens (tertiary/aromatic N) is 1. The Bertz CT molecular complexity index is 2040. The van der Waals surface area contributed by atoms with Gasteiger partial charge >= 0.3 is 17.9 Å². The number of guanidine groups is 1. The predicted molar refractivity (Wildman–Crippen MR) is 226 cm³/mol. The molecule has 21 heteroatoms. The van der Waals surface area contributed by atoms with Gasteiger partial charge in [-0.15, -0.1) is 0 Å². The lowest BCUT2D eigenvalue weighted by Crippen LogP contribution is -2.58. The molecule has 4 atom stereocenters. The second-order valence-corrected chi connectivity index (χ2v) is 14.8. The number of alkyl halides is 3. The van der Waals surface area contributed by atoms with Crippen LogP contribution in [-0.2, 0) is 36.7 Å². The summed E-state index contributed by atoms with van der Waals surface area (Å²) < 4.78 is 51.2. The Morgan fingerprint density at radius 2 is 1.31 bits per heavy atom. The van der Waals surface area contributed by atoms with Gasteiger partial charge in [-0.3, -0.25) is 24.2 Å². The molecular weight excluding hydrogens is 818 g/mol. The summed E-state index contributed by atoms with van der Waals surface area (Å²) >= 11 is 0. The standard InChI is InChI=1S/C41H57F3N10O8/c1-24(2)34(54-40(60)61-23-25-11-4-3-5-12-25)38(59)53-30(14-7-9-19-46)37(58)51-29(13-6-8-18-45)36(57)52-31(15-10-20-49-39(47)48)35(56)50-26-16-17-27-28(41(42,43)44)22-33(55)62-32(27)21-26/h3-5,11-12,16-17,21-22,24,29-31,34H,6-10,13-15,18-20,23,45-46H2,1-2H3,(H,50,56)(H,51,58)(H,52,57)(H,53,59)(H,54,60)(H4,47,48,49)/t29-,30-,31-,34-/m0/s1. The van der Waals surface area contributed by atoms with Gasteiger partial charge in [0.05, 0.1) is 5.56 Å². The number of ether oxygens (including phenoxy) is 1. The van der Waals surface area contributed by atoms with Crippen molar-refractivity contribution in [3.63, 3.8) is 0 Å². The van der Waals surface area contributed by atoms with Gasteiger partial charge in [0, 0.05) is 29.8 Å². The first kappa shape index (κ1) is 50.1. The molecule has 3 rings (SSSR count). The first-order chi connectivity index (χ1) is 29.4. The highest BCUT2D eigenvalue weighted by atomic mass is 19.4. The summed E-state index contributed by atoms with van der Waals surface area (Å²) in [5.74, 6) is -3.60. The van der Waals surface area contributed by atoms with Gasteiger partial charge in [0.2, 0.25) is 23.6 Å². The van der Waals surface area contributed by atoms with Gasteiger partial charge in [-0.05, 0) is 88.1 Å². The number of hydrogen-bond donors (Lipinski definition) is 9. The fourth-order valence-electron chi connectivity index (χ4n) is 6.23. The van der Waals surface area contributed by atoms with Gasteiger partial charge in [0.15, 0.2) is 5.96 Å². The van der Waals surface area contributed by atoms with E-state index in [4.69, 9.17) is 32.1 Å². The molecule has 0 radical (unpaired) electrons. The molecule has 13 N–H and O–H groups in total. The van der Waals surface area contributed by atoms with Crippen molar-refractivity contribution in [2.75, 3.05) is 25.0 Å². The van der Waals surface area contributed by atoms with Gasteiger partial charge in [-0.25, -0.2) is 9.59 Å². The van der Waals surface area contributed by atoms with Gasteiger partial charge in [-0.1, -0.05) is 44.2 Å². The lowest BCUT2D eigenvalue weighted by molar-refractivity contribution is -0.136. The third-order valence-electron chi connectivity index (χ3n) is 9.49. The maximum Gasteiger partial charge on any atom is 0.417 e. The molecule has 62 heavy (non-hydrogen) atoms. The van der Waals surface area contributed by atoms with Crippen molar-refractivity contribution in [1.82, 2.24) is 21.3 Å². The molecular formula is C41H57F3N10O8. The highest BCUT2D eigenvalue weighted by Crippen LogP contribution is 2.34. The normalized spacial score (nSPS) is 13.3. The van der Waals surface area contributed by atoms with Crippen LogP contribution in [-0.4, -0.2) is 79.5 Å². The van der Waals surface area contributed by atoms with E-state index >= 15 is 0 Å². The Morgan fingerprint density at radius 3 is 1.85 bits per heavy atom. The summed E-state index contributed by atoms with van der Waals surface area (Å²) in [5, 5.41) is 12.7. The molecule has 0 aliphatic carbocycles. The molecule has 340 valence electrons. The first-order valence-electron chi connectivity index (χ1n) is 20.2. The average molecular weight is 875 g/mol. The molecule has 0 aliphatic rings. The van der Waals surface area contributed by atoms with Crippen LogP contribution in [0.15, 0.2) is 68.8 Å². The molecule has 0 saturated carbocycles. The topological polar surface area (TPSA) is 301 Å². The lowest BCUT2D eigenvalue weighted by atomic mass is 10.0. The summed E-state index contributed by atoms with van der Waals surface area (Å²) in [6, 6.07) is 7.71. The van der Waals surface area contributed by atoms with E-state index in [2.05, 4.69) is 31.6 Å². The zero-order valence-corrected chi connectivity index (χ0v) is 34.7. The first-order valence-corrected chi connectivity index (χ1v) is 20.2. The quantitative estimate of drug-likeness (QED) is 0.0272. The predicted octanol–water partition coefficient (Wildman–Crippen LogP) is 2.47. The fourth-order valence-corrected chi connectivity index (χ4v) is 6.23. The summed E-state index contributed by atoms with van der Waals surface area (Å²) in [4.78, 5) is 83.9. The Kier molecular flexibility index (Phi) is 20.1. The third-order valence-corrected chi connectivity index (χ3v) is 9.49. The number of alkyl carbamates (subject to hydrolysis) is 1. The molecule has 0 saturated heterocycles. The minimum Gasteiger partial charge on any atom is -0.445 e. The van der Waals surface area contributed by atoms with E-state index in [0.717, 1.165) is 17.7 Å². The number of unbranched alkanes of at least 4 members (excludes halogenated alkanes) is 2. The van der Waals surface area contributed by atoms with Crippen LogP contribution in [0.1, 0.15) is 76.3 Å². The fraction of sp³-hybridized carbons (Fsp3) is 0.488. The van der Waals surface area contributed by atoms with Crippen molar-refractivity contribution < 1.29 is 46.3 Å². The van der Waals surface area contributed by atoms with E-state index in [-0.39, 0.29) is 57.0 Å². The van der Waals surface area contributed by atoms with Crippen molar-refractivity contribution in [3.05, 3.63) is 76.1 Å². The van der Waals surface area contributed by atoms with Crippen LogP contribution >= 0.6 is 0 Å². The number of nitrogens with two attached hydrogens (primary N) is 4. The molecule has 0 aliphatic heterocycles. The van der Waals surface area contributed by atoms with E-state index in [9.17, 15) is 41.9 Å². The van der Waals surface area contributed by atoms with Crippen LogP contribution in [0.25, 0.3) is 11.0 Å². The van der Waals surface area contributed by atoms with Gasteiger partial charge in [0.25, 0.3) is 0 Å². The van der Waals surface area contributed by atoms with Crippen molar-refractivity contribution in [2.24, 2.45) is 33.8 Å². The minimum absolute atomic E-state index is 0.0339. The van der Waals surface area contributed by atoms with E-state index in [1.54, 1.807) is 38.1 Å². The maximum atomic E-state index is 14.0. The summed E-state index contributed by atoms with van der Waals surface area (Å²) in [6.45, 7) is 4.03. The second-order valence-electron chi connectivity index (χ2n) is 14.8. The van der Waals surface area contributed by atoms with Crippen LogP contribution in [0.4, 0.5) is 23.7 Å². The zero-order valence-electron chi connectivity index (χ0n) is 34.7. The second kappa shape index (κ2) is 24.9. The number of amides is 5. The van der Waals surface area contributed by atoms with Gasteiger partial charge in [0.1, 0.15) is 36.4 Å². The van der Waals surface area contributed by atoms with Gasteiger partial charge in [-0.2, -0.15) is 13.2 Å². The van der Waals surface area contributed by atoms with Crippen molar-refractivity contribution >= 4 is 52.3 Å². The van der Waals surface area contributed by atoms with E-state index < -0.39 is 88.1 Å². The van der Waals surface area contributed by atoms with Crippen LogP contribution in [0.5, 0.6) is 0 Å². The summed E-state index contributed by atoms with van der Waals surface area (Å²) in [6.07, 6.45) is -3.55. The van der Waals surface area contributed by atoms with Crippen molar-refractivity contribution in [2.45, 2.75) is 102 Å². The molecule has 1 aromatic heterocycles. The monoisotopic (exact) mass is 874 g/mol. The summed E-state index contributed by atoms with van der Waals surface area (Å²) in [5.41, 5.74) is 20.1. The molecule has 2 aromatic carbocycles. The molecule has 0 fully saturated rings. The number of benzene rings is 2. The molecule has 3 aromatic rings. The zero-order chi connectivity index (χ0) is 45.8. The Balaban J connectivity index is 1.83. The van der Waals surface area contributed by atoms with Crippen LogP contribution < -0.4 is 55.1 Å². The summed E-state index contributed by atoms with van der Waals surface area (Å²) in [7, 11) is 0. The lowest BCUT2D eigenvalue weighted by Gasteiger charge is -2.27.